The van der Waals surface area contributed by atoms with Gasteiger partial charge in [-0.25, -0.2) is 0 Å². The van der Waals surface area contributed by atoms with Crippen molar-refractivity contribution < 1.29 is 4.74 Å². The van der Waals surface area contributed by atoms with Crippen LogP contribution in [-0.4, -0.2) is 6.61 Å². The van der Waals surface area contributed by atoms with Crippen molar-refractivity contribution in [3.63, 3.8) is 0 Å². The minimum Gasteiger partial charge on any atom is -0.489 e. The molecule has 1 aliphatic heterocycles. The molecule has 1 heteroatoms. The van der Waals surface area contributed by atoms with E-state index < -0.39 is 0 Å². The molecule has 1 aliphatic rings. The number of ether oxygens (including phenoxy) is 1. The molecule has 0 N–H and O–H groups in total. The van der Waals surface area contributed by atoms with Gasteiger partial charge in [0.25, 0.3) is 0 Å². The molecular formula is C15H20O. The highest BCUT2D eigenvalue weighted by molar-refractivity contribution is 5.62. The average molecular weight is 216 g/mol. The topological polar surface area (TPSA) is 9.23 Å². The molecule has 1 heterocycles. The van der Waals surface area contributed by atoms with Crippen LogP contribution >= 0.6 is 0 Å². The molecular weight excluding hydrogens is 196 g/mol. The predicted molar refractivity (Wildman–Crippen MR) is 69.1 cm³/mol. The second kappa shape index (κ2) is 4.32. The summed E-state index contributed by atoms with van der Waals surface area (Å²) in [6.45, 7) is 9.69. The quantitative estimate of drug-likeness (QED) is 0.714. The molecule has 1 aromatic rings. The zero-order chi connectivity index (χ0) is 11.7. The van der Waals surface area contributed by atoms with Crippen LogP contribution in [0.3, 0.4) is 0 Å². The molecule has 0 atom stereocenters. The van der Waals surface area contributed by atoms with Gasteiger partial charge in [0.05, 0.1) is 0 Å². The van der Waals surface area contributed by atoms with Gasteiger partial charge in [-0.1, -0.05) is 33.8 Å². The van der Waals surface area contributed by atoms with E-state index in [-0.39, 0.29) is 0 Å². The molecule has 0 saturated heterocycles. The van der Waals surface area contributed by atoms with Crippen molar-refractivity contribution in [2.75, 3.05) is 6.61 Å². The third-order valence-corrected chi connectivity index (χ3v) is 3.09. The first-order chi connectivity index (χ1) is 7.59. The highest BCUT2D eigenvalue weighted by atomic mass is 16.5. The molecule has 0 saturated carbocycles. The van der Waals surface area contributed by atoms with Crippen LogP contribution < -0.4 is 4.74 Å². The Balaban J connectivity index is 2.56. The van der Waals surface area contributed by atoms with Crippen LogP contribution in [0.25, 0.3) is 6.08 Å². The van der Waals surface area contributed by atoms with Crippen molar-refractivity contribution >= 4 is 6.08 Å². The normalized spacial score (nSPS) is 14.1. The summed E-state index contributed by atoms with van der Waals surface area (Å²) >= 11 is 0. The highest BCUT2D eigenvalue weighted by Gasteiger charge is 2.15. The van der Waals surface area contributed by atoms with Crippen LogP contribution in [0, 0.1) is 0 Å². The fourth-order valence-corrected chi connectivity index (χ4v) is 2.20. The zero-order valence-corrected chi connectivity index (χ0v) is 10.6. The molecule has 0 spiro atoms. The van der Waals surface area contributed by atoms with Crippen molar-refractivity contribution in [2.24, 2.45) is 0 Å². The Bertz CT molecular complexity index is 414. The van der Waals surface area contributed by atoms with Gasteiger partial charge >= 0.3 is 0 Å². The Morgan fingerprint density at radius 3 is 2.25 bits per heavy atom. The fraction of sp³-hybridized carbons (Fsp3) is 0.467. The predicted octanol–water partition coefficient (Wildman–Crippen LogP) is 4.34. The van der Waals surface area contributed by atoms with E-state index in [0.717, 1.165) is 5.75 Å². The zero-order valence-electron chi connectivity index (χ0n) is 10.6. The summed E-state index contributed by atoms with van der Waals surface area (Å²) in [5.74, 6) is 2.16. The Hall–Kier alpha value is -1.24. The van der Waals surface area contributed by atoms with E-state index in [0.29, 0.717) is 18.4 Å². The summed E-state index contributed by atoms with van der Waals surface area (Å²) in [6.07, 6.45) is 4.23. The van der Waals surface area contributed by atoms with Crippen LogP contribution in [0.1, 0.15) is 56.2 Å². The summed E-state index contributed by atoms with van der Waals surface area (Å²) < 4.78 is 5.66. The number of benzene rings is 1. The first-order valence-corrected chi connectivity index (χ1v) is 6.06. The molecule has 2 rings (SSSR count). The molecule has 16 heavy (non-hydrogen) atoms. The standard InChI is InChI=1S/C15H20O/c1-10(2)13-8-12-6-5-7-16-15(12)9-14(13)11(3)4/h5-6,8-11H,7H2,1-4H3. The summed E-state index contributed by atoms with van der Waals surface area (Å²) in [7, 11) is 0. The Kier molecular flexibility index (Phi) is 3.04. The first kappa shape index (κ1) is 11.3. The number of hydrogen-bond acceptors (Lipinski definition) is 1. The third kappa shape index (κ3) is 1.99. The summed E-state index contributed by atoms with van der Waals surface area (Å²) in [5, 5.41) is 0. The van der Waals surface area contributed by atoms with E-state index >= 15 is 0 Å². The monoisotopic (exact) mass is 216 g/mol. The lowest BCUT2D eigenvalue weighted by Crippen LogP contribution is -2.05. The van der Waals surface area contributed by atoms with E-state index in [1.54, 1.807) is 0 Å². The maximum atomic E-state index is 5.66. The Morgan fingerprint density at radius 1 is 1.00 bits per heavy atom. The van der Waals surface area contributed by atoms with E-state index in [4.69, 9.17) is 4.74 Å². The van der Waals surface area contributed by atoms with Gasteiger partial charge in [-0.05, 0) is 41.2 Å². The van der Waals surface area contributed by atoms with Crippen molar-refractivity contribution in [3.8, 4) is 5.75 Å². The second-order valence-electron chi connectivity index (χ2n) is 5.04. The fourth-order valence-electron chi connectivity index (χ4n) is 2.20. The lowest BCUT2D eigenvalue weighted by Gasteiger charge is -2.21. The van der Waals surface area contributed by atoms with Crippen LogP contribution in [0.4, 0.5) is 0 Å². The molecule has 0 fully saturated rings. The maximum absolute atomic E-state index is 5.66. The minimum absolute atomic E-state index is 0.553. The van der Waals surface area contributed by atoms with Gasteiger partial charge in [0.15, 0.2) is 0 Å². The van der Waals surface area contributed by atoms with Crippen molar-refractivity contribution in [3.05, 3.63) is 34.9 Å². The summed E-state index contributed by atoms with van der Waals surface area (Å²) in [5.41, 5.74) is 4.09. The maximum Gasteiger partial charge on any atom is 0.127 e. The molecule has 1 aromatic carbocycles. The van der Waals surface area contributed by atoms with Crippen molar-refractivity contribution in [2.45, 2.75) is 39.5 Å². The van der Waals surface area contributed by atoms with Gasteiger partial charge in [0.1, 0.15) is 12.4 Å². The molecule has 1 nitrogen and oxygen atoms in total. The molecule has 0 aromatic heterocycles. The van der Waals surface area contributed by atoms with Crippen LogP contribution in [-0.2, 0) is 0 Å². The number of rotatable bonds is 2. The average Bonchev–Trinajstić information content (AvgIpc) is 2.27. The van der Waals surface area contributed by atoms with Gasteiger partial charge in [-0.15, -0.1) is 0 Å². The van der Waals surface area contributed by atoms with E-state index in [1.807, 2.05) is 0 Å². The summed E-state index contributed by atoms with van der Waals surface area (Å²) in [6, 6.07) is 4.50. The SMILES string of the molecule is CC(C)c1cc2c(cc1C(C)C)OCC=C2. The molecule has 0 aliphatic carbocycles. The van der Waals surface area contributed by atoms with Gasteiger partial charge in [0.2, 0.25) is 0 Å². The van der Waals surface area contributed by atoms with E-state index in [9.17, 15) is 0 Å². The molecule has 86 valence electrons. The van der Waals surface area contributed by atoms with E-state index in [2.05, 4.69) is 52.0 Å². The lowest BCUT2D eigenvalue weighted by molar-refractivity contribution is 0.357. The van der Waals surface area contributed by atoms with E-state index in [1.165, 1.54) is 16.7 Å². The van der Waals surface area contributed by atoms with Gasteiger partial charge < -0.3 is 4.74 Å². The minimum atomic E-state index is 0.553. The Labute approximate surface area is 98.1 Å². The highest BCUT2D eigenvalue weighted by Crippen LogP contribution is 2.34. The second-order valence-corrected chi connectivity index (χ2v) is 5.04. The van der Waals surface area contributed by atoms with Gasteiger partial charge in [-0.3, -0.25) is 0 Å². The molecule has 0 amide bonds. The first-order valence-electron chi connectivity index (χ1n) is 6.06. The van der Waals surface area contributed by atoms with Gasteiger partial charge in [-0.2, -0.15) is 0 Å². The van der Waals surface area contributed by atoms with Gasteiger partial charge in [0, 0.05) is 5.56 Å². The van der Waals surface area contributed by atoms with Crippen LogP contribution in [0.5, 0.6) is 5.75 Å². The number of fused-ring (bicyclic) bond motifs is 1. The molecule has 0 unspecified atom stereocenters. The smallest absolute Gasteiger partial charge is 0.127 e. The van der Waals surface area contributed by atoms with Crippen molar-refractivity contribution in [1.82, 2.24) is 0 Å². The van der Waals surface area contributed by atoms with Crippen molar-refractivity contribution in [1.29, 1.82) is 0 Å². The molecule has 0 bridgehead atoms. The van der Waals surface area contributed by atoms with Crippen LogP contribution in [0.2, 0.25) is 0 Å². The molecule has 0 radical (unpaired) electrons. The third-order valence-electron chi connectivity index (χ3n) is 3.09. The lowest BCUT2D eigenvalue weighted by atomic mass is 9.88. The Morgan fingerprint density at radius 2 is 1.62 bits per heavy atom. The summed E-state index contributed by atoms with van der Waals surface area (Å²) in [4.78, 5) is 0. The largest absolute Gasteiger partial charge is 0.489 e. The number of hydrogen-bond donors (Lipinski definition) is 0. The van der Waals surface area contributed by atoms with Crippen LogP contribution in [0.15, 0.2) is 18.2 Å².